The molecule has 2 aromatic rings. The zero-order valence-corrected chi connectivity index (χ0v) is 11.4. The zero-order chi connectivity index (χ0) is 13.5. The summed E-state index contributed by atoms with van der Waals surface area (Å²) in [4.78, 5) is 4.60. The number of nitrogens with one attached hydrogen (secondary N) is 1. The van der Waals surface area contributed by atoms with Crippen molar-refractivity contribution in [2.45, 2.75) is 25.3 Å². The van der Waals surface area contributed by atoms with E-state index in [0.717, 1.165) is 30.1 Å². The maximum atomic E-state index is 5.68. The molecule has 0 spiro atoms. The summed E-state index contributed by atoms with van der Waals surface area (Å²) in [6.45, 7) is 3.81. The van der Waals surface area contributed by atoms with Crippen LogP contribution < -0.4 is 10.1 Å². The molecule has 0 saturated carbocycles. The van der Waals surface area contributed by atoms with E-state index in [0.29, 0.717) is 18.4 Å². The summed E-state index contributed by atoms with van der Waals surface area (Å²) in [5, 5.41) is 7.59. The smallest absolute Gasteiger partial charge is 0.244 e. The Morgan fingerprint density at radius 3 is 3.05 bits per heavy atom. The quantitative estimate of drug-likeness (QED) is 0.908. The summed E-state index contributed by atoms with van der Waals surface area (Å²) in [5.41, 5.74) is 1.15. The molecule has 1 saturated heterocycles. The second-order valence-electron chi connectivity index (χ2n) is 5.59. The third kappa shape index (κ3) is 1.81. The lowest BCUT2D eigenvalue weighted by molar-refractivity contribution is 0.311. The van der Waals surface area contributed by atoms with E-state index in [-0.39, 0.29) is 12.0 Å². The van der Waals surface area contributed by atoms with Gasteiger partial charge in [-0.25, -0.2) is 0 Å². The van der Waals surface area contributed by atoms with Gasteiger partial charge in [-0.3, -0.25) is 0 Å². The van der Waals surface area contributed by atoms with Gasteiger partial charge < -0.3 is 14.6 Å². The molecule has 0 radical (unpaired) electrons. The van der Waals surface area contributed by atoms with Gasteiger partial charge in [0.25, 0.3) is 0 Å². The van der Waals surface area contributed by atoms with Gasteiger partial charge in [0.2, 0.25) is 5.89 Å². The molecule has 1 fully saturated rings. The van der Waals surface area contributed by atoms with Crippen LogP contribution in [-0.2, 0) is 0 Å². The van der Waals surface area contributed by atoms with Crippen molar-refractivity contribution in [3.8, 4) is 5.75 Å². The Balaban J connectivity index is 1.63. The van der Waals surface area contributed by atoms with E-state index >= 15 is 0 Å². The number of ether oxygens (including phenoxy) is 1. The minimum Gasteiger partial charge on any atom is -0.492 e. The van der Waals surface area contributed by atoms with Gasteiger partial charge in [-0.1, -0.05) is 30.3 Å². The van der Waals surface area contributed by atoms with Gasteiger partial charge in [0.1, 0.15) is 12.4 Å². The number of hydrogen-bond acceptors (Lipinski definition) is 5. The molecule has 1 N–H and O–H groups in total. The highest BCUT2D eigenvalue weighted by atomic mass is 16.5. The molecule has 2 aliphatic rings. The first-order chi connectivity index (χ1) is 9.83. The molecule has 3 unspecified atom stereocenters. The number of benzene rings is 1. The second-order valence-corrected chi connectivity index (χ2v) is 5.59. The standard InChI is InChI=1S/C15H17N3O2/c1-9-6-7-16-13(9)15-17-14(18-20-15)11-8-19-12-5-3-2-4-10(11)12/h2-5,9,11,13,16H,6-8H2,1H3. The van der Waals surface area contributed by atoms with Crippen LogP contribution in [0.3, 0.4) is 0 Å². The number of rotatable bonds is 2. The maximum absolute atomic E-state index is 5.68. The molecule has 3 atom stereocenters. The summed E-state index contributed by atoms with van der Waals surface area (Å²) in [5.74, 6) is 2.98. The van der Waals surface area contributed by atoms with Crippen molar-refractivity contribution in [2.24, 2.45) is 5.92 Å². The SMILES string of the molecule is CC1CCNC1c1nc(C2COc3ccccc32)no1. The third-order valence-electron chi connectivity index (χ3n) is 4.27. The minimum absolute atomic E-state index is 0.0837. The van der Waals surface area contributed by atoms with Crippen molar-refractivity contribution in [3.05, 3.63) is 41.5 Å². The molecule has 0 amide bonds. The molecular weight excluding hydrogens is 254 g/mol. The number of nitrogens with zero attached hydrogens (tertiary/aromatic N) is 2. The average molecular weight is 271 g/mol. The van der Waals surface area contributed by atoms with E-state index in [2.05, 4.69) is 28.4 Å². The monoisotopic (exact) mass is 271 g/mol. The topological polar surface area (TPSA) is 60.2 Å². The molecule has 104 valence electrons. The van der Waals surface area contributed by atoms with Crippen molar-refractivity contribution in [2.75, 3.05) is 13.2 Å². The molecule has 5 nitrogen and oxygen atoms in total. The van der Waals surface area contributed by atoms with Crippen molar-refractivity contribution in [1.82, 2.24) is 15.5 Å². The van der Waals surface area contributed by atoms with Crippen molar-refractivity contribution < 1.29 is 9.26 Å². The van der Waals surface area contributed by atoms with E-state index in [1.807, 2.05) is 18.2 Å². The molecule has 3 heterocycles. The van der Waals surface area contributed by atoms with Gasteiger partial charge in [-0.15, -0.1) is 0 Å². The summed E-state index contributed by atoms with van der Waals surface area (Å²) in [7, 11) is 0. The highest BCUT2D eigenvalue weighted by Crippen LogP contribution is 2.37. The predicted octanol–water partition coefficient (Wildman–Crippen LogP) is 2.26. The lowest BCUT2D eigenvalue weighted by Gasteiger charge is -2.09. The summed E-state index contributed by atoms with van der Waals surface area (Å²) in [6, 6.07) is 8.24. The Hall–Kier alpha value is -1.88. The van der Waals surface area contributed by atoms with Crippen LogP contribution >= 0.6 is 0 Å². The van der Waals surface area contributed by atoms with Crippen LogP contribution in [0.15, 0.2) is 28.8 Å². The minimum atomic E-state index is 0.0837. The van der Waals surface area contributed by atoms with E-state index in [4.69, 9.17) is 9.26 Å². The van der Waals surface area contributed by atoms with Crippen LogP contribution in [0.1, 0.15) is 42.6 Å². The van der Waals surface area contributed by atoms with Crippen molar-refractivity contribution in [3.63, 3.8) is 0 Å². The molecule has 4 rings (SSSR count). The van der Waals surface area contributed by atoms with Crippen LogP contribution in [0.4, 0.5) is 0 Å². The Bertz CT molecular complexity index is 625. The van der Waals surface area contributed by atoms with Gasteiger partial charge in [-0.2, -0.15) is 4.98 Å². The number of fused-ring (bicyclic) bond motifs is 1. The molecule has 2 aliphatic heterocycles. The highest BCUT2D eigenvalue weighted by Gasteiger charge is 2.33. The number of para-hydroxylation sites is 1. The predicted molar refractivity (Wildman–Crippen MR) is 72.6 cm³/mol. The Morgan fingerprint density at radius 1 is 1.30 bits per heavy atom. The normalized spacial score (nSPS) is 28.4. The third-order valence-corrected chi connectivity index (χ3v) is 4.27. The van der Waals surface area contributed by atoms with Crippen LogP contribution in [0.5, 0.6) is 5.75 Å². The van der Waals surface area contributed by atoms with Crippen LogP contribution in [-0.4, -0.2) is 23.3 Å². The van der Waals surface area contributed by atoms with Crippen LogP contribution in [0.25, 0.3) is 0 Å². The fourth-order valence-electron chi connectivity index (χ4n) is 3.06. The van der Waals surface area contributed by atoms with E-state index in [9.17, 15) is 0 Å². The summed E-state index contributed by atoms with van der Waals surface area (Å²) >= 11 is 0. The van der Waals surface area contributed by atoms with Gasteiger partial charge >= 0.3 is 0 Å². The van der Waals surface area contributed by atoms with Crippen molar-refractivity contribution in [1.29, 1.82) is 0 Å². The number of hydrogen-bond donors (Lipinski definition) is 1. The van der Waals surface area contributed by atoms with Crippen LogP contribution in [0.2, 0.25) is 0 Å². The van der Waals surface area contributed by atoms with Crippen LogP contribution in [0, 0.1) is 5.92 Å². The molecule has 5 heteroatoms. The average Bonchev–Trinajstić information content (AvgIpc) is 3.15. The molecule has 0 aliphatic carbocycles. The summed E-state index contributed by atoms with van der Waals surface area (Å²) in [6.07, 6.45) is 1.15. The van der Waals surface area contributed by atoms with Crippen molar-refractivity contribution >= 4 is 0 Å². The lowest BCUT2D eigenvalue weighted by atomic mass is 10.0. The van der Waals surface area contributed by atoms with Gasteiger partial charge in [0, 0.05) is 5.56 Å². The molecule has 1 aromatic heterocycles. The second kappa shape index (κ2) is 4.59. The Kier molecular flexibility index (Phi) is 2.73. The highest BCUT2D eigenvalue weighted by molar-refractivity contribution is 5.42. The molecule has 1 aromatic carbocycles. The van der Waals surface area contributed by atoms with Gasteiger partial charge in [0.05, 0.1) is 12.0 Å². The molecule has 0 bridgehead atoms. The van der Waals surface area contributed by atoms with Gasteiger partial charge in [-0.05, 0) is 24.9 Å². The first-order valence-electron chi connectivity index (χ1n) is 7.11. The Labute approximate surface area is 117 Å². The van der Waals surface area contributed by atoms with Gasteiger partial charge in [0.15, 0.2) is 5.82 Å². The zero-order valence-electron chi connectivity index (χ0n) is 11.4. The fraction of sp³-hybridized carbons (Fsp3) is 0.467. The first-order valence-corrected chi connectivity index (χ1v) is 7.11. The molecular formula is C15H17N3O2. The summed E-state index contributed by atoms with van der Waals surface area (Å²) < 4.78 is 11.2. The van der Waals surface area contributed by atoms with E-state index in [1.54, 1.807) is 0 Å². The lowest BCUT2D eigenvalue weighted by Crippen LogP contribution is -2.17. The molecule has 20 heavy (non-hydrogen) atoms. The Morgan fingerprint density at radius 2 is 2.20 bits per heavy atom. The first kappa shape index (κ1) is 11.9. The maximum Gasteiger partial charge on any atom is 0.244 e. The largest absolute Gasteiger partial charge is 0.492 e. The van der Waals surface area contributed by atoms with E-state index in [1.165, 1.54) is 0 Å². The van der Waals surface area contributed by atoms with E-state index < -0.39 is 0 Å². The fourth-order valence-corrected chi connectivity index (χ4v) is 3.06. The number of aromatic nitrogens is 2.